The number of hydrogen-bond donors (Lipinski definition) is 0. The molecule has 47 heavy (non-hydrogen) atoms. The number of rotatable bonds is 5. The van der Waals surface area contributed by atoms with E-state index in [1.807, 2.05) is 42.5 Å². The summed E-state index contributed by atoms with van der Waals surface area (Å²) in [6.07, 6.45) is 6.41. The Morgan fingerprint density at radius 1 is 0.426 bits per heavy atom. The van der Waals surface area contributed by atoms with Gasteiger partial charge in [0.1, 0.15) is 11.2 Å². The van der Waals surface area contributed by atoms with E-state index in [1.54, 1.807) is 0 Å². The van der Waals surface area contributed by atoms with E-state index in [4.69, 9.17) is 19.4 Å². The summed E-state index contributed by atoms with van der Waals surface area (Å²) < 4.78 is 6.67. The Labute approximate surface area is 272 Å². The molecule has 2 heterocycles. The van der Waals surface area contributed by atoms with Crippen LogP contribution in [0.15, 0.2) is 156 Å². The van der Waals surface area contributed by atoms with Crippen molar-refractivity contribution in [1.82, 2.24) is 15.0 Å². The minimum Gasteiger partial charge on any atom is -0.455 e. The summed E-state index contributed by atoms with van der Waals surface area (Å²) in [6, 6.07) is 48.0. The number of fused-ring (bicyclic) bond motifs is 4. The summed E-state index contributed by atoms with van der Waals surface area (Å²) in [5, 5.41) is 4.31. The van der Waals surface area contributed by atoms with Gasteiger partial charge < -0.3 is 4.42 Å². The SMILES string of the molecule is C1=C(c2ccccc2)CCC(c2ccc(-c3nc(-c4ccccc4)nc(-c4cccc5ccccc45)n3)c3c2oc2ccccc23)=C1. The summed E-state index contributed by atoms with van der Waals surface area (Å²) in [6.45, 7) is 0. The minimum absolute atomic E-state index is 0.619. The van der Waals surface area contributed by atoms with E-state index in [0.717, 1.165) is 67.8 Å². The molecule has 2 aromatic heterocycles. The zero-order chi connectivity index (χ0) is 31.2. The Morgan fingerprint density at radius 3 is 1.81 bits per heavy atom. The van der Waals surface area contributed by atoms with Crippen molar-refractivity contribution in [3.63, 3.8) is 0 Å². The van der Waals surface area contributed by atoms with Crippen LogP contribution in [0.2, 0.25) is 0 Å². The van der Waals surface area contributed by atoms with E-state index in [0.29, 0.717) is 17.5 Å². The fraction of sp³-hybridized carbons (Fsp3) is 0.0465. The second-order valence-electron chi connectivity index (χ2n) is 11.9. The zero-order valence-electron chi connectivity index (χ0n) is 25.6. The monoisotopic (exact) mass is 603 g/mol. The van der Waals surface area contributed by atoms with Gasteiger partial charge in [0.15, 0.2) is 17.5 Å². The van der Waals surface area contributed by atoms with E-state index >= 15 is 0 Å². The largest absolute Gasteiger partial charge is 0.455 e. The maximum Gasteiger partial charge on any atom is 0.164 e. The van der Waals surface area contributed by atoms with Crippen molar-refractivity contribution in [3.8, 4) is 34.2 Å². The summed E-state index contributed by atoms with van der Waals surface area (Å²) in [5.41, 5.74) is 9.54. The molecule has 0 radical (unpaired) electrons. The predicted molar refractivity (Wildman–Crippen MR) is 193 cm³/mol. The third-order valence-electron chi connectivity index (χ3n) is 9.10. The summed E-state index contributed by atoms with van der Waals surface area (Å²) >= 11 is 0. The first-order valence-electron chi connectivity index (χ1n) is 16.0. The molecule has 4 nitrogen and oxygen atoms in total. The van der Waals surface area contributed by atoms with Gasteiger partial charge in [0.05, 0.1) is 0 Å². The second kappa shape index (κ2) is 11.3. The lowest BCUT2D eigenvalue weighted by Gasteiger charge is -2.16. The molecule has 0 N–H and O–H groups in total. The van der Waals surface area contributed by atoms with Crippen LogP contribution in [0.5, 0.6) is 0 Å². The quantitative estimate of drug-likeness (QED) is 0.196. The van der Waals surface area contributed by atoms with E-state index in [1.165, 1.54) is 16.7 Å². The number of allylic oxidation sites excluding steroid dienone is 4. The molecule has 0 aliphatic heterocycles. The van der Waals surface area contributed by atoms with Crippen LogP contribution in [-0.4, -0.2) is 15.0 Å². The van der Waals surface area contributed by atoms with Gasteiger partial charge >= 0.3 is 0 Å². The Kier molecular flexibility index (Phi) is 6.57. The number of para-hydroxylation sites is 1. The number of benzene rings is 6. The minimum atomic E-state index is 0.619. The lowest BCUT2D eigenvalue weighted by Crippen LogP contribution is -2.01. The van der Waals surface area contributed by atoms with Crippen LogP contribution in [-0.2, 0) is 0 Å². The first-order valence-corrected chi connectivity index (χ1v) is 16.0. The molecule has 8 aromatic rings. The van der Waals surface area contributed by atoms with Crippen molar-refractivity contribution in [3.05, 3.63) is 163 Å². The van der Waals surface area contributed by atoms with Crippen LogP contribution in [0.4, 0.5) is 0 Å². The molecule has 0 bridgehead atoms. The molecule has 0 amide bonds. The first-order chi connectivity index (χ1) is 23.3. The topological polar surface area (TPSA) is 51.8 Å². The van der Waals surface area contributed by atoms with E-state index < -0.39 is 0 Å². The van der Waals surface area contributed by atoms with Crippen molar-refractivity contribution in [1.29, 1.82) is 0 Å². The Morgan fingerprint density at radius 2 is 1.02 bits per heavy atom. The average molecular weight is 604 g/mol. The van der Waals surface area contributed by atoms with Crippen LogP contribution in [0.1, 0.15) is 24.0 Å². The van der Waals surface area contributed by atoms with Gasteiger partial charge in [-0.2, -0.15) is 0 Å². The molecule has 0 saturated heterocycles. The second-order valence-corrected chi connectivity index (χ2v) is 11.9. The van der Waals surface area contributed by atoms with Gasteiger partial charge in [-0.1, -0.05) is 140 Å². The lowest BCUT2D eigenvalue weighted by atomic mass is 9.88. The molecule has 1 aliphatic carbocycles. The molecular formula is C43H29N3O. The maximum atomic E-state index is 6.67. The highest BCUT2D eigenvalue weighted by atomic mass is 16.3. The summed E-state index contributed by atoms with van der Waals surface area (Å²) in [5.74, 6) is 1.90. The molecule has 0 atom stereocenters. The smallest absolute Gasteiger partial charge is 0.164 e. The number of furan rings is 1. The van der Waals surface area contributed by atoms with Crippen LogP contribution >= 0.6 is 0 Å². The van der Waals surface area contributed by atoms with Crippen molar-refractivity contribution < 1.29 is 4.42 Å². The van der Waals surface area contributed by atoms with Crippen LogP contribution < -0.4 is 0 Å². The van der Waals surface area contributed by atoms with Gasteiger partial charge in [0.2, 0.25) is 0 Å². The molecule has 0 unspecified atom stereocenters. The van der Waals surface area contributed by atoms with Crippen molar-refractivity contribution >= 4 is 43.9 Å². The van der Waals surface area contributed by atoms with Crippen LogP contribution in [0.25, 0.3) is 78.0 Å². The maximum absolute atomic E-state index is 6.67. The van der Waals surface area contributed by atoms with E-state index in [-0.39, 0.29) is 0 Å². The third kappa shape index (κ3) is 4.82. The van der Waals surface area contributed by atoms with Gasteiger partial charge in [-0.05, 0) is 52.5 Å². The molecule has 1 aliphatic rings. The van der Waals surface area contributed by atoms with Gasteiger partial charge in [-0.25, -0.2) is 15.0 Å². The van der Waals surface area contributed by atoms with E-state index in [2.05, 4.69) is 109 Å². The van der Waals surface area contributed by atoms with Gasteiger partial charge in [0.25, 0.3) is 0 Å². The summed E-state index contributed by atoms with van der Waals surface area (Å²) in [4.78, 5) is 15.3. The number of nitrogens with zero attached hydrogens (tertiary/aromatic N) is 3. The molecule has 0 fully saturated rings. The van der Waals surface area contributed by atoms with Crippen molar-refractivity contribution in [2.75, 3.05) is 0 Å². The fourth-order valence-corrected chi connectivity index (χ4v) is 6.78. The normalized spacial score (nSPS) is 13.2. The Bertz CT molecular complexity index is 2500. The molecule has 0 spiro atoms. The molecule has 222 valence electrons. The van der Waals surface area contributed by atoms with Gasteiger partial charge in [-0.15, -0.1) is 0 Å². The first kappa shape index (κ1) is 27.2. The zero-order valence-corrected chi connectivity index (χ0v) is 25.6. The van der Waals surface area contributed by atoms with Crippen molar-refractivity contribution in [2.45, 2.75) is 12.8 Å². The number of aromatic nitrogens is 3. The van der Waals surface area contributed by atoms with Crippen LogP contribution in [0, 0.1) is 0 Å². The predicted octanol–water partition coefficient (Wildman–Crippen LogP) is 11.2. The highest BCUT2D eigenvalue weighted by molar-refractivity contribution is 6.14. The number of hydrogen-bond acceptors (Lipinski definition) is 4. The van der Waals surface area contributed by atoms with Crippen molar-refractivity contribution in [2.24, 2.45) is 0 Å². The third-order valence-corrected chi connectivity index (χ3v) is 9.10. The van der Waals surface area contributed by atoms with E-state index in [9.17, 15) is 0 Å². The average Bonchev–Trinajstić information content (AvgIpc) is 3.55. The van der Waals surface area contributed by atoms with Crippen LogP contribution in [0.3, 0.4) is 0 Å². The summed E-state index contributed by atoms with van der Waals surface area (Å²) in [7, 11) is 0. The molecular weight excluding hydrogens is 574 g/mol. The van der Waals surface area contributed by atoms with Gasteiger partial charge in [0, 0.05) is 33.0 Å². The Hall–Kier alpha value is -6.13. The molecule has 0 saturated carbocycles. The molecule has 9 rings (SSSR count). The fourth-order valence-electron chi connectivity index (χ4n) is 6.78. The van der Waals surface area contributed by atoms with Gasteiger partial charge in [-0.3, -0.25) is 0 Å². The molecule has 4 heteroatoms. The lowest BCUT2D eigenvalue weighted by molar-refractivity contribution is 0.667. The highest BCUT2D eigenvalue weighted by Crippen LogP contribution is 2.42. The highest BCUT2D eigenvalue weighted by Gasteiger charge is 2.22. The standard InChI is InChI=1S/C43H29N3O/c1-3-12-28(13-4-1)29-22-24-31(25-23-29)34-26-27-37(39-36-19-9-10-21-38(36)47-40(34)39)43-45-41(32-15-5-2-6-16-32)44-42(46-43)35-20-11-17-30-14-7-8-18-33(30)35/h1-22,24,26-27H,23,25H2. The molecule has 6 aromatic carbocycles. The Balaban J connectivity index is 1.27.